The maximum atomic E-state index is 11.6. The maximum absolute atomic E-state index is 11.6. The lowest BCUT2D eigenvalue weighted by atomic mass is 10.2. The van der Waals surface area contributed by atoms with Crippen LogP contribution in [0.25, 0.3) is 0 Å². The van der Waals surface area contributed by atoms with Crippen molar-refractivity contribution in [3.63, 3.8) is 0 Å². The Balaban J connectivity index is 2.61. The molecule has 10 heteroatoms. The smallest absolute Gasteiger partial charge is 0.335 e. The molecule has 116 valence electrons. The number of hydrogen-bond acceptors (Lipinski definition) is 4. The largest absolute Gasteiger partial charge is 0.478 e. The summed E-state index contributed by atoms with van der Waals surface area (Å²) in [5.41, 5.74) is 0.285. The quantitative estimate of drug-likeness (QED) is 0.582. The van der Waals surface area contributed by atoms with E-state index in [1.165, 1.54) is 25.2 Å². The van der Waals surface area contributed by atoms with Crippen LogP contribution in [-0.2, 0) is 10.0 Å². The number of aromatic carboxylic acids is 1. The number of carboxylic acids is 1. The molecule has 0 aliphatic heterocycles. The summed E-state index contributed by atoms with van der Waals surface area (Å²) in [6.07, 6.45) is 0. The van der Waals surface area contributed by atoms with Gasteiger partial charge in [-0.2, -0.15) is 0 Å². The van der Waals surface area contributed by atoms with Crippen LogP contribution in [0.5, 0.6) is 0 Å². The first kappa shape index (κ1) is 17.4. The van der Waals surface area contributed by atoms with E-state index in [9.17, 15) is 18.0 Å². The number of carbonyl (C=O) groups is 2. The highest BCUT2D eigenvalue weighted by Crippen LogP contribution is 2.19. The minimum atomic E-state index is -3.39. The molecular formula is C11H14BrN3O5S. The van der Waals surface area contributed by atoms with E-state index >= 15 is 0 Å². The van der Waals surface area contributed by atoms with Gasteiger partial charge in [-0.25, -0.2) is 22.7 Å². The van der Waals surface area contributed by atoms with Crippen molar-refractivity contribution in [3.05, 3.63) is 28.2 Å². The van der Waals surface area contributed by atoms with Gasteiger partial charge >= 0.3 is 12.0 Å². The zero-order chi connectivity index (χ0) is 16.0. The van der Waals surface area contributed by atoms with E-state index in [4.69, 9.17) is 5.11 Å². The van der Waals surface area contributed by atoms with Gasteiger partial charge < -0.3 is 15.7 Å². The van der Waals surface area contributed by atoms with E-state index in [1.54, 1.807) is 0 Å². The Morgan fingerprint density at radius 2 is 1.95 bits per heavy atom. The van der Waals surface area contributed by atoms with E-state index in [0.717, 1.165) is 0 Å². The van der Waals surface area contributed by atoms with Crippen LogP contribution >= 0.6 is 15.9 Å². The summed E-state index contributed by atoms with van der Waals surface area (Å²) in [4.78, 5) is 22.5. The summed E-state index contributed by atoms with van der Waals surface area (Å²) in [6, 6.07) is 3.58. The molecule has 1 aromatic rings. The van der Waals surface area contributed by atoms with Crippen molar-refractivity contribution < 1.29 is 23.1 Å². The van der Waals surface area contributed by atoms with E-state index < -0.39 is 22.0 Å². The molecule has 0 bridgehead atoms. The normalized spacial score (nSPS) is 11.0. The predicted octanol–water partition coefficient (Wildman–Crippen LogP) is 0.818. The van der Waals surface area contributed by atoms with Crippen LogP contribution in [0.15, 0.2) is 22.7 Å². The number of amides is 2. The summed E-state index contributed by atoms with van der Waals surface area (Å²) < 4.78 is 24.9. The SMILES string of the molecule is CNS(=O)(=O)CCNC(=O)Nc1cc(Br)cc(C(=O)O)c1. The molecule has 0 saturated carbocycles. The van der Waals surface area contributed by atoms with Crippen molar-refractivity contribution >= 4 is 43.6 Å². The molecule has 1 rings (SSSR count). The molecule has 21 heavy (non-hydrogen) atoms. The van der Waals surface area contributed by atoms with Crippen molar-refractivity contribution in [2.24, 2.45) is 0 Å². The first-order valence-electron chi connectivity index (χ1n) is 5.73. The van der Waals surface area contributed by atoms with Crippen LogP contribution < -0.4 is 15.4 Å². The second kappa shape index (κ2) is 7.38. The van der Waals surface area contributed by atoms with Crippen molar-refractivity contribution in [1.29, 1.82) is 0 Å². The van der Waals surface area contributed by atoms with Crippen LogP contribution in [0.3, 0.4) is 0 Å². The number of urea groups is 1. The number of nitrogens with one attached hydrogen (secondary N) is 3. The molecule has 0 aliphatic carbocycles. The first-order valence-corrected chi connectivity index (χ1v) is 8.18. The second-order valence-electron chi connectivity index (χ2n) is 3.94. The molecule has 1 aromatic carbocycles. The van der Waals surface area contributed by atoms with Gasteiger partial charge in [0.25, 0.3) is 0 Å². The number of hydrogen-bond donors (Lipinski definition) is 4. The summed E-state index contributed by atoms with van der Waals surface area (Å²) in [7, 11) is -2.11. The average Bonchev–Trinajstić information content (AvgIpc) is 2.37. The number of anilines is 1. The second-order valence-corrected chi connectivity index (χ2v) is 6.90. The molecule has 0 radical (unpaired) electrons. The lowest BCUT2D eigenvalue weighted by Gasteiger charge is -2.09. The monoisotopic (exact) mass is 379 g/mol. The van der Waals surface area contributed by atoms with Gasteiger partial charge in [-0.3, -0.25) is 0 Å². The maximum Gasteiger partial charge on any atom is 0.335 e. The third-order valence-corrected chi connectivity index (χ3v) is 4.19. The standard InChI is InChI=1S/C11H14BrN3O5S/c1-13-21(19,20)3-2-14-11(18)15-9-5-7(10(16)17)4-8(12)6-9/h4-6,13H,2-3H2,1H3,(H,16,17)(H2,14,15,18). The van der Waals surface area contributed by atoms with Gasteiger partial charge in [-0.1, -0.05) is 15.9 Å². The lowest BCUT2D eigenvalue weighted by molar-refractivity contribution is 0.0696. The zero-order valence-electron chi connectivity index (χ0n) is 11.0. The van der Waals surface area contributed by atoms with Crippen molar-refractivity contribution in [2.75, 3.05) is 24.7 Å². The van der Waals surface area contributed by atoms with Gasteiger partial charge in [0.1, 0.15) is 0 Å². The molecule has 4 N–H and O–H groups in total. The summed E-state index contributed by atoms with van der Waals surface area (Å²) in [5, 5.41) is 13.7. The Labute approximate surface area is 130 Å². The summed E-state index contributed by atoms with van der Waals surface area (Å²) >= 11 is 3.14. The molecule has 2 amide bonds. The van der Waals surface area contributed by atoms with Crippen LogP contribution in [0.1, 0.15) is 10.4 Å². The topological polar surface area (TPSA) is 125 Å². The molecule has 0 aromatic heterocycles. The third kappa shape index (κ3) is 6.10. The molecule has 0 unspecified atom stereocenters. The Kier molecular flexibility index (Phi) is 6.12. The Bertz CT molecular complexity index is 647. The van der Waals surface area contributed by atoms with E-state index in [1.807, 2.05) is 0 Å². The highest BCUT2D eigenvalue weighted by Gasteiger charge is 2.10. The van der Waals surface area contributed by atoms with E-state index in [0.29, 0.717) is 4.47 Å². The highest BCUT2D eigenvalue weighted by molar-refractivity contribution is 9.10. The molecule has 0 fully saturated rings. The Morgan fingerprint density at radius 3 is 2.52 bits per heavy atom. The first-order chi connectivity index (χ1) is 9.73. The van der Waals surface area contributed by atoms with Gasteiger partial charge in [0.15, 0.2) is 0 Å². The van der Waals surface area contributed by atoms with Gasteiger partial charge in [0, 0.05) is 16.7 Å². The number of rotatable bonds is 6. The number of carboxylic acid groups (broad SMARTS) is 1. The van der Waals surface area contributed by atoms with Crippen molar-refractivity contribution in [1.82, 2.24) is 10.0 Å². The number of halogens is 1. The van der Waals surface area contributed by atoms with Crippen molar-refractivity contribution in [2.45, 2.75) is 0 Å². The molecule has 0 atom stereocenters. The number of sulfonamides is 1. The molecule has 0 heterocycles. The highest BCUT2D eigenvalue weighted by atomic mass is 79.9. The molecular weight excluding hydrogens is 366 g/mol. The fourth-order valence-electron chi connectivity index (χ4n) is 1.36. The van der Waals surface area contributed by atoms with Crippen LogP contribution in [0.2, 0.25) is 0 Å². The Hall–Kier alpha value is -1.65. The van der Waals surface area contributed by atoms with E-state index in [2.05, 4.69) is 31.3 Å². The van der Waals surface area contributed by atoms with Crippen molar-refractivity contribution in [3.8, 4) is 0 Å². The van der Waals surface area contributed by atoms with Gasteiger partial charge in [-0.15, -0.1) is 0 Å². The number of benzene rings is 1. The molecule has 0 spiro atoms. The number of carbonyl (C=O) groups excluding carboxylic acids is 1. The predicted molar refractivity (Wildman–Crippen MR) is 81.0 cm³/mol. The van der Waals surface area contributed by atoms with Gasteiger partial charge in [0.2, 0.25) is 10.0 Å². The average molecular weight is 380 g/mol. The summed E-state index contributed by atoms with van der Waals surface area (Å²) in [6.45, 7) is -0.0746. The third-order valence-electron chi connectivity index (χ3n) is 2.37. The van der Waals surface area contributed by atoms with Crippen LogP contribution in [0.4, 0.5) is 10.5 Å². The van der Waals surface area contributed by atoms with E-state index in [-0.39, 0.29) is 23.5 Å². The fraction of sp³-hybridized carbons (Fsp3) is 0.273. The zero-order valence-corrected chi connectivity index (χ0v) is 13.4. The molecule has 8 nitrogen and oxygen atoms in total. The lowest BCUT2D eigenvalue weighted by Crippen LogP contribution is -2.35. The minimum absolute atomic E-state index is 0.0115. The van der Waals surface area contributed by atoms with Gasteiger partial charge in [0.05, 0.1) is 11.3 Å². The summed E-state index contributed by atoms with van der Waals surface area (Å²) in [5.74, 6) is -1.38. The van der Waals surface area contributed by atoms with Crippen LogP contribution in [-0.4, -0.2) is 44.9 Å². The molecule has 0 saturated heterocycles. The van der Waals surface area contributed by atoms with Crippen LogP contribution in [0, 0.1) is 0 Å². The molecule has 0 aliphatic rings. The van der Waals surface area contributed by atoms with Gasteiger partial charge in [-0.05, 0) is 25.2 Å². The minimum Gasteiger partial charge on any atom is -0.478 e. The fourth-order valence-corrected chi connectivity index (χ4v) is 2.43. The Morgan fingerprint density at radius 1 is 1.29 bits per heavy atom.